The Morgan fingerprint density at radius 3 is 2.44 bits per heavy atom. The quantitative estimate of drug-likeness (QED) is 0.820. The van der Waals surface area contributed by atoms with Crippen LogP contribution in [0.5, 0.6) is 0 Å². The maximum atomic E-state index is 7.43. The van der Waals surface area contributed by atoms with E-state index in [-0.39, 0.29) is 21.9 Å². The molecule has 4 fully saturated rings. The first-order valence-electron chi connectivity index (χ1n) is 10.5. The van der Waals surface area contributed by atoms with Crippen LogP contribution < -0.4 is 11.5 Å². The maximum absolute atomic E-state index is 7.43. The highest BCUT2D eigenvalue weighted by Gasteiger charge is 2.72. The van der Waals surface area contributed by atoms with Crippen molar-refractivity contribution in [3.63, 3.8) is 0 Å². The lowest BCUT2D eigenvalue weighted by molar-refractivity contribution is -0.178. The molecule has 4 aliphatic rings. The van der Waals surface area contributed by atoms with Crippen molar-refractivity contribution in [1.82, 2.24) is 0 Å². The number of rotatable bonds is 3. The lowest BCUT2D eigenvalue weighted by Crippen LogP contribution is -2.83. The highest BCUT2D eigenvalue weighted by molar-refractivity contribution is 5.28. The number of hydrogen-bond acceptors (Lipinski definition) is 4. The number of ether oxygens (including phenoxy) is 2. The van der Waals surface area contributed by atoms with Crippen LogP contribution in [0.15, 0.2) is 0 Å². The Kier molecular flexibility index (Phi) is 4.31. The minimum atomic E-state index is -0.299. The second kappa shape index (κ2) is 5.92. The van der Waals surface area contributed by atoms with Gasteiger partial charge in [-0.1, -0.05) is 19.8 Å². The van der Waals surface area contributed by atoms with E-state index < -0.39 is 0 Å². The molecule has 0 bridgehead atoms. The van der Waals surface area contributed by atoms with Gasteiger partial charge in [0.2, 0.25) is 0 Å². The standard InChI is InChI=1S/C21H38N2O2/c1-18-12-13-21(23)19(14-24-2)10-5-4-6-15(19)9-11-20(21,22)16(18)7-8-17(18)25-3/h15-17H,4-14,22-23H2,1-3H3/t15?,16-,17+,18+,19-,20-,21+/m1/s1. The molecule has 4 heteroatoms. The SMILES string of the molecule is COC[C@]12CCCCC1CC[C@@]1(N)[C@@H]3CC[C@H](OC)[C@@]3(C)CC[C@]21N. The second-order valence-corrected chi connectivity index (χ2v) is 9.94. The minimum Gasteiger partial charge on any atom is -0.384 e. The van der Waals surface area contributed by atoms with Gasteiger partial charge in [-0.25, -0.2) is 0 Å². The fourth-order valence-electron chi connectivity index (χ4n) is 8.20. The smallest absolute Gasteiger partial charge is 0.0628 e. The van der Waals surface area contributed by atoms with Crippen LogP contribution in [0.1, 0.15) is 71.1 Å². The first-order chi connectivity index (χ1) is 11.9. The zero-order valence-electron chi connectivity index (χ0n) is 16.5. The number of fused-ring (bicyclic) bond motifs is 5. The average molecular weight is 351 g/mol. The molecule has 4 saturated carbocycles. The van der Waals surface area contributed by atoms with Crippen molar-refractivity contribution < 1.29 is 9.47 Å². The summed E-state index contributed by atoms with van der Waals surface area (Å²) in [5.74, 6) is 1.16. The van der Waals surface area contributed by atoms with E-state index in [2.05, 4.69) is 6.92 Å². The highest BCUT2D eigenvalue weighted by Crippen LogP contribution is 2.68. The summed E-state index contributed by atoms with van der Waals surface area (Å²) >= 11 is 0. The van der Waals surface area contributed by atoms with Crippen molar-refractivity contribution >= 4 is 0 Å². The third-order valence-electron chi connectivity index (χ3n) is 9.45. The Balaban J connectivity index is 1.78. The molecule has 144 valence electrons. The molecule has 0 aromatic heterocycles. The van der Waals surface area contributed by atoms with Gasteiger partial charge in [0.1, 0.15) is 0 Å². The fourth-order valence-corrected chi connectivity index (χ4v) is 8.20. The van der Waals surface area contributed by atoms with Gasteiger partial charge in [-0.2, -0.15) is 0 Å². The topological polar surface area (TPSA) is 70.5 Å². The van der Waals surface area contributed by atoms with Gasteiger partial charge in [-0.05, 0) is 68.6 Å². The van der Waals surface area contributed by atoms with E-state index in [1.807, 2.05) is 14.2 Å². The van der Waals surface area contributed by atoms with Crippen LogP contribution in [0.3, 0.4) is 0 Å². The van der Waals surface area contributed by atoms with E-state index >= 15 is 0 Å². The van der Waals surface area contributed by atoms with Crippen molar-refractivity contribution in [2.75, 3.05) is 20.8 Å². The zero-order chi connectivity index (χ0) is 17.9. The summed E-state index contributed by atoms with van der Waals surface area (Å²) in [6.45, 7) is 3.20. The van der Waals surface area contributed by atoms with E-state index in [0.29, 0.717) is 17.9 Å². The van der Waals surface area contributed by atoms with Crippen LogP contribution >= 0.6 is 0 Å². The van der Waals surface area contributed by atoms with Gasteiger partial charge < -0.3 is 20.9 Å². The molecule has 0 aromatic rings. The first-order valence-corrected chi connectivity index (χ1v) is 10.5. The van der Waals surface area contributed by atoms with Crippen molar-refractivity contribution in [3.05, 3.63) is 0 Å². The summed E-state index contributed by atoms with van der Waals surface area (Å²) < 4.78 is 11.7. The Morgan fingerprint density at radius 2 is 1.72 bits per heavy atom. The molecule has 0 amide bonds. The molecule has 0 aliphatic heterocycles. The number of hydrogen-bond donors (Lipinski definition) is 2. The molecular formula is C21H38N2O2. The average Bonchev–Trinajstić information content (AvgIpc) is 2.95. The Hall–Kier alpha value is -0.160. The maximum Gasteiger partial charge on any atom is 0.0628 e. The summed E-state index contributed by atoms with van der Waals surface area (Å²) in [4.78, 5) is 0. The molecule has 4 N–H and O–H groups in total. The number of nitrogens with two attached hydrogens (primary N) is 2. The van der Waals surface area contributed by atoms with E-state index in [9.17, 15) is 0 Å². The normalized spacial score (nSPS) is 55.3. The van der Waals surface area contributed by atoms with E-state index in [0.717, 1.165) is 38.7 Å². The summed E-state index contributed by atoms with van der Waals surface area (Å²) in [5, 5.41) is 0. The lowest BCUT2D eigenvalue weighted by atomic mass is 9.38. The monoisotopic (exact) mass is 350 g/mol. The van der Waals surface area contributed by atoms with Crippen LogP contribution in [-0.4, -0.2) is 38.0 Å². The molecular weight excluding hydrogens is 312 g/mol. The summed E-state index contributed by atoms with van der Waals surface area (Å²) in [6, 6.07) is 0. The summed E-state index contributed by atoms with van der Waals surface area (Å²) in [6.07, 6.45) is 12.2. The highest BCUT2D eigenvalue weighted by atomic mass is 16.5. The molecule has 7 atom stereocenters. The van der Waals surface area contributed by atoms with Crippen molar-refractivity contribution in [3.8, 4) is 0 Å². The van der Waals surface area contributed by atoms with Crippen molar-refractivity contribution in [1.29, 1.82) is 0 Å². The summed E-state index contributed by atoms with van der Waals surface area (Å²) in [5.41, 5.74) is 14.5. The van der Waals surface area contributed by atoms with E-state index in [1.54, 1.807) is 0 Å². The third kappa shape index (κ3) is 2.09. The molecule has 0 aromatic carbocycles. The number of methoxy groups -OCH3 is 2. The Bertz CT molecular complexity index is 524. The van der Waals surface area contributed by atoms with Gasteiger partial charge in [-0.15, -0.1) is 0 Å². The molecule has 0 radical (unpaired) electrons. The molecule has 4 nitrogen and oxygen atoms in total. The van der Waals surface area contributed by atoms with Gasteiger partial charge in [0.25, 0.3) is 0 Å². The van der Waals surface area contributed by atoms with E-state index in [1.165, 1.54) is 32.1 Å². The van der Waals surface area contributed by atoms with Crippen LogP contribution in [0.25, 0.3) is 0 Å². The van der Waals surface area contributed by atoms with Crippen LogP contribution in [0, 0.1) is 22.7 Å². The predicted octanol–water partition coefficient (Wildman–Crippen LogP) is 3.22. The van der Waals surface area contributed by atoms with E-state index in [4.69, 9.17) is 20.9 Å². The molecule has 25 heavy (non-hydrogen) atoms. The minimum absolute atomic E-state index is 0.0689. The fraction of sp³-hybridized carbons (Fsp3) is 1.00. The zero-order valence-corrected chi connectivity index (χ0v) is 16.5. The molecule has 1 unspecified atom stereocenters. The van der Waals surface area contributed by atoms with Crippen LogP contribution in [0.2, 0.25) is 0 Å². The van der Waals surface area contributed by atoms with Crippen LogP contribution in [-0.2, 0) is 9.47 Å². The van der Waals surface area contributed by atoms with Gasteiger partial charge in [0.15, 0.2) is 0 Å². The molecule has 0 saturated heterocycles. The Labute approximate surface area is 153 Å². The predicted molar refractivity (Wildman–Crippen MR) is 100 cm³/mol. The van der Waals surface area contributed by atoms with Crippen molar-refractivity contribution in [2.45, 2.75) is 88.3 Å². The Morgan fingerprint density at radius 1 is 0.920 bits per heavy atom. The summed E-state index contributed by atoms with van der Waals surface area (Å²) in [7, 11) is 3.72. The van der Waals surface area contributed by atoms with Gasteiger partial charge in [0.05, 0.1) is 12.7 Å². The third-order valence-corrected chi connectivity index (χ3v) is 9.45. The van der Waals surface area contributed by atoms with Gasteiger partial charge in [-0.3, -0.25) is 0 Å². The van der Waals surface area contributed by atoms with Gasteiger partial charge in [0, 0.05) is 30.7 Å². The molecule has 0 spiro atoms. The van der Waals surface area contributed by atoms with Crippen molar-refractivity contribution in [2.24, 2.45) is 34.1 Å². The molecule has 0 heterocycles. The van der Waals surface area contributed by atoms with Crippen LogP contribution in [0.4, 0.5) is 0 Å². The second-order valence-electron chi connectivity index (χ2n) is 9.94. The van der Waals surface area contributed by atoms with Gasteiger partial charge >= 0.3 is 0 Å². The first kappa shape index (κ1) is 18.2. The largest absolute Gasteiger partial charge is 0.384 e. The molecule has 4 aliphatic carbocycles. The molecule has 4 rings (SSSR count). The lowest BCUT2D eigenvalue weighted by Gasteiger charge is -2.70.